The van der Waals surface area contributed by atoms with Gasteiger partial charge in [0.15, 0.2) is 5.69 Å². The van der Waals surface area contributed by atoms with E-state index < -0.39 is 0 Å². The smallest absolute Gasteiger partial charge is 0.276 e. The van der Waals surface area contributed by atoms with Crippen molar-refractivity contribution in [2.45, 2.75) is 64.8 Å². The van der Waals surface area contributed by atoms with Gasteiger partial charge >= 0.3 is 0 Å². The number of aromatic nitrogens is 2. The maximum Gasteiger partial charge on any atom is 0.276 e. The lowest BCUT2D eigenvalue weighted by Gasteiger charge is -2.34. The van der Waals surface area contributed by atoms with Crippen LogP contribution in [0.15, 0.2) is 0 Å². The second-order valence-electron chi connectivity index (χ2n) is 6.21. The molecular weight excluding hydrogens is 264 g/mol. The van der Waals surface area contributed by atoms with Gasteiger partial charge in [-0.25, -0.2) is 0 Å². The number of aromatic amines is 1. The minimum atomic E-state index is -0.0500. The molecule has 0 aromatic carbocycles. The van der Waals surface area contributed by atoms with Crippen molar-refractivity contribution >= 4 is 11.6 Å². The number of nitrogens with one attached hydrogen (secondary N) is 1. The van der Waals surface area contributed by atoms with Crippen LogP contribution in [0.25, 0.3) is 0 Å². The van der Waals surface area contributed by atoms with Gasteiger partial charge in [-0.1, -0.05) is 26.7 Å². The molecule has 1 amide bonds. The molecule has 0 aliphatic heterocycles. The van der Waals surface area contributed by atoms with Crippen molar-refractivity contribution in [3.8, 4) is 0 Å². The van der Waals surface area contributed by atoms with E-state index in [1.54, 1.807) is 0 Å². The maximum atomic E-state index is 12.6. The molecule has 0 radical (unpaired) electrons. The fourth-order valence-electron chi connectivity index (χ4n) is 3.26. The molecule has 1 fully saturated rings. The Bertz CT molecular complexity index is 475. The first kappa shape index (κ1) is 15.9. The van der Waals surface area contributed by atoms with Crippen molar-refractivity contribution in [3.05, 3.63) is 11.4 Å². The molecule has 5 heteroatoms. The van der Waals surface area contributed by atoms with E-state index in [4.69, 9.17) is 5.73 Å². The molecule has 0 unspecified atom stereocenters. The lowest BCUT2D eigenvalue weighted by Crippen LogP contribution is -2.39. The summed E-state index contributed by atoms with van der Waals surface area (Å²) < 4.78 is 0. The number of carbonyl (C=O) groups is 1. The van der Waals surface area contributed by atoms with Gasteiger partial charge < -0.3 is 10.6 Å². The normalized spacial score (nSPS) is 22.2. The molecule has 0 saturated heterocycles. The standard InChI is InChI=1S/C16H28N4O/c1-4-6-13-14(17)15(19-18-13)16(21)20(3)12-9-7-11(5-2)8-10-12/h11-12H,4-10,17H2,1-3H3,(H,18,19). The van der Waals surface area contributed by atoms with Crippen LogP contribution in [0.5, 0.6) is 0 Å². The van der Waals surface area contributed by atoms with Gasteiger partial charge in [-0.3, -0.25) is 9.89 Å². The van der Waals surface area contributed by atoms with E-state index in [1.807, 2.05) is 11.9 Å². The molecule has 21 heavy (non-hydrogen) atoms. The van der Waals surface area contributed by atoms with Crippen LogP contribution in [0.4, 0.5) is 5.69 Å². The summed E-state index contributed by atoms with van der Waals surface area (Å²) in [6.45, 7) is 4.33. The Hall–Kier alpha value is -1.52. The van der Waals surface area contributed by atoms with Crippen LogP contribution in [0.1, 0.15) is 68.6 Å². The van der Waals surface area contributed by atoms with Crippen molar-refractivity contribution in [1.29, 1.82) is 0 Å². The molecule has 1 saturated carbocycles. The average Bonchev–Trinajstić information content (AvgIpc) is 2.87. The minimum absolute atomic E-state index is 0.0500. The Balaban J connectivity index is 2.02. The zero-order chi connectivity index (χ0) is 15.4. The monoisotopic (exact) mass is 292 g/mol. The van der Waals surface area contributed by atoms with Crippen LogP contribution in [-0.4, -0.2) is 34.1 Å². The molecule has 0 bridgehead atoms. The topological polar surface area (TPSA) is 75.0 Å². The largest absolute Gasteiger partial charge is 0.395 e. The third-order valence-electron chi connectivity index (χ3n) is 4.85. The predicted molar refractivity (Wildman–Crippen MR) is 85.1 cm³/mol. The van der Waals surface area contributed by atoms with Crippen LogP contribution >= 0.6 is 0 Å². The summed E-state index contributed by atoms with van der Waals surface area (Å²) in [5.74, 6) is 0.780. The lowest BCUT2D eigenvalue weighted by molar-refractivity contribution is 0.0670. The van der Waals surface area contributed by atoms with Crippen LogP contribution in [0.3, 0.4) is 0 Å². The third kappa shape index (κ3) is 3.39. The van der Waals surface area contributed by atoms with Crippen molar-refractivity contribution in [2.75, 3.05) is 12.8 Å². The van der Waals surface area contributed by atoms with E-state index in [1.165, 1.54) is 19.3 Å². The number of rotatable bonds is 5. The third-order valence-corrected chi connectivity index (χ3v) is 4.85. The first-order valence-corrected chi connectivity index (χ1v) is 8.18. The number of nitrogen functional groups attached to an aromatic ring is 1. The molecule has 1 aliphatic carbocycles. The number of nitrogens with zero attached hydrogens (tertiary/aromatic N) is 2. The molecule has 0 atom stereocenters. The van der Waals surface area contributed by atoms with Crippen LogP contribution in [-0.2, 0) is 6.42 Å². The summed E-state index contributed by atoms with van der Waals surface area (Å²) in [4.78, 5) is 14.4. The number of hydrogen-bond donors (Lipinski definition) is 2. The molecule has 0 spiro atoms. The first-order chi connectivity index (χ1) is 10.1. The predicted octanol–water partition coefficient (Wildman–Crippen LogP) is 2.99. The Morgan fingerprint density at radius 1 is 1.33 bits per heavy atom. The highest BCUT2D eigenvalue weighted by molar-refractivity contribution is 5.97. The molecule has 3 N–H and O–H groups in total. The van der Waals surface area contributed by atoms with Gasteiger partial charge in [-0.2, -0.15) is 5.10 Å². The molecule has 1 aromatic heterocycles. The Labute approximate surface area is 127 Å². The van der Waals surface area contributed by atoms with Crippen molar-refractivity contribution in [1.82, 2.24) is 15.1 Å². The Morgan fingerprint density at radius 2 is 2.00 bits per heavy atom. The van der Waals surface area contributed by atoms with Gasteiger partial charge in [-0.05, 0) is 38.0 Å². The highest BCUT2D eigenvalue weighted by Gasteiger charge is 2.28. The quantitative estimate of drug-likeness (QED) is 0.876. The summed E-state index contributed by atoms with van der Waals surface area (Å²) >= 11 is 0. The zero-order valence-corrected chi connectivity index (χ0v) is 13.5. The first-order valence-electron chi connectivity index (χ1n) is 8.18. The molecule has 1 heterocycles. The lowest BCUT2D eigenvalue weighted by atomic mass is 9.84. The second-order valence-corrected chi connectivity index (χ2v) is 6.21. The zero-order valence-electron chi connectivity index (χ0n) is 13.5. The van der Waals surface area contributed by atoms with E-state index in [0.717, 1.165) is 37.3 Å². The molecule has 118 valence electrons. The van der Waals surface area contributed by atoms with E-state index in [9.17, 15) is 4.79 Å². The Kier molecular flexibility index (Phi) is 5.26. The second kappa shape index (κ2) is 6.96. The van der Waals surface area contributed by atoms with Gasteiger partial charge in [0.1, 0.15) is 0 Å². The van der Waals surface area contributed by atoms with Gasteiger partial charge in [0.05, 0.1) is 11.4 Å². The summed E-state index contributed by atoms with van der Waals surface area (Å²) in [5, 5.41) is 7.05. The summed E-state index contributed by atoms with van der Waals surface area (Å²) in [6.07, 6.45) is 7.68. The Morgan fingerprint density at radius 3 is 2.57 bits per heavy atom. The van der Waals surface area contributed by atoms with Crippen molar-refractivity contribution in [2.24, 2.45) is 5.92 Å². The number of carbonyl (C=O) groups excluding carboxylic acids is 1. The summed E-state index contributed by atoms with van der Waals surface area (Å²) in [5.41, 5.74) is 7.85. The van der Waals surface area contributed by atoms with E-state index in [-0.39, 0.29) is 5.91 Å². The number of H-pyrrole nitrogens is 1. The maximum absolute atomic E-state index is 12.6. The van der Waals surface area contributed by atoms with E-state index in [0.29, 0.717) is 17.4 Å². The van der Waals surface area contributed by atoms with Crippen molar-refractivity contribution in [3.63, 3.8) is 0 Å². The number of hydrogen-bond acceptors (Lipinski definition) is 3. The molecule has 5 nitrogen and oxygen atoms in total. The number of aryl methyl sites for hydroxylation is 1. The highest BCUT2D eigenvalue weighted by Crippen LogP contribution is 2.30. The minimum Gasteiger partial charge on any atom is -0.395 e. The van der Waals surface area contributed by atoms with Crippen molar-refractivity contribution < 1.29 is 4.79 Å². The molecule has 2 rings (SSSR count). The number of amides is 1. The van der Waals surface area contributed by atoms with Gasteiger partial charge in [-0.15, -0.1) is 0 Å². The highest BCUT2D eigenvalue weighted by atomic mass is 16.2. The SMILES string of the molecule is CCCc1[nH]nc(C(=O)N(C)C2CCC(CC)CC2)c1N. The van der Waals surface area contributed by atoms with E-state index >= 15 is 0 Å². The number of anilines is 1. The van der Waals surface area contributed by atoms with Crippen LogP contribution in [0, 0.1) is 5.92 Å². The molecular formula is C16H28N4O. The molecule has 1 aliphatic rings. The van der Waals surface area contributed by atoms with Gasteiger partial charge in [0, 0.05) is 13.1 Å². The molecule has 1 aromatic rings. The van der Waals surface area contributed by atoms with Crippen LogP contribution < -0.4 is 5.73 Å². The summed E-state index contributed by atoms with van der Waals surface area (Å²) in [7, 11) is 1.88. The average molecular weight is 292 g/mol. The fourth-order valence-corrected chi connectivity index (χ4v) is 3.26. The summed E-state index contributed by atoms with van der Waals surface area (Å²) in [6, 6.07) is 0.325. The van der Waals surface area contributed by atoms with E-state index in [2.05, 4.69) is 24.0 Å². The number of nitrogens with two attached hydrogens (primary N) is 1. The van der Waals surface area contributed by atoms with Gasteiger partial charge in [0.25, 0.3) is 5.91 Å². The van der Waals surface area contributed by atoms with Gasteiger partial charge in [0.2, 0.25) is 0 Å². The fraction of sp³-hybridized carbons (Fsp3) is 0.750. The van der Waals surface area contributed by atoms with Crippen LogP contribution in [0.2, 0.25) is 0 Å².